The number of methoxy groups -OCH3 is 1. The van der Waals surface area contributed by atoms with Crippen molar-refractivity contribution in [3.05, 3.63) is 77.3 Å². The van der Waals surface area contributed by atoms with E-state index in [1.807, 2.05) is 24.5 Å². The number of benzene rings is 1. The molecule has 0 bridgehead atoms. The average molecular weight is 273 g/mol. The van der Waals surface area contributed by atoms with Crippen LogP contribution in [-0.2, 0) is 4.74 Å². The molecular weight excluding hydrogens is 258 g/mol. The summed E-state index contributed by atoms with van der Waals surface area (Å²) in [7, 11) is 1.68. The number of rotatable bonds is 1. The van der Waals surface area contributed by atoms with Gasteiger partial charge in [0.15, 0.2) is 0 Å². The molecule has 3 rings (SSSR count). The van der Waals surface area contributed by atoms with E-state index >= 15 is 0 Å². The van der Waals surface area contributed by atoms with E-state index < -0.39 is 0 Å². The third-order valence-electron chi connectivity index (χ3n) is 3.33. The van der Waals surface area contributed by atoms with Crippen LogP contribution in [0.5, 0.6) is 0 Å². The summed E-state index contributed by atoms with van der Waals surface area (Å²) in [5, 5.41) is 0. The summed E-state index contributed by atoms with van der Waals surface area (Å²) >= 11 is 0. The molecule has 0 spiro atoms. The molecule has 0 fully saturated rings. The first-order valence-corrected chi connectivity index (χ1v) is 6.81. The van der Waals surface area contributed by atoms with Crippen LogP contribution in [0.15, 0.2) is 55.1 Å². The summed E-state index contributed by atoms with van der Waals surface area (Å²) in [4.78, 5) is 3.99. The Kier molecular flexibility index (Phi) is 3.84. The van der Waals surface area contributed by atoms with Crippen molar-refractivity contribution < 1.29 is 4.74 Å². The van der Waals surface area contributed by atoms with Gasteiger partial charge in [-0.1, -0.05) is 30.1 Å². The van der Waals surface area contributed by atoms with Crippen molar-refractivity contribution in [2.75, 3.05) is 7.11 Å². The Bertz CT molecular complexity index is 761. The smallest absolute Gasteiger partial charge is 0.0865 e. The largest absolute Gasteiger partial charge is 0.504 e. The summed E-state index contributed by atoms with van der Waals surface area (Å²) in [6.45, 7) is 0. The minimum absolute atomic E-state index is 0.891. The van der Waals surface area contributed by atoms with Gasteiger partial charge in [-0.2, -0.15) is 0 Å². The van der Waals surface area contributed by atoms with Crippen LogP contribution in [0.1, 0.15) is 28.7 Å². The van der Waals surface area contributed by atoms with Crippen LogP contribution >= 0.6 is 0 Å². The maximum atomic E-state index is 5.17. The monoisotopic (exact) mass is 273 g/mol. The fraction of sp³-hybridized carbons (Fsp3) is 0.105. The molecule has 1 heterocycles. The SMILES string of the molecule is COC=C1CC=Cc2ccc(C#Cc3ccncc3)cc21. The van der Waals surface area contributed by atoms with Crippen molar-refractivity contribution in [2.45, 2.75) is 6.42 Å². The van der Waals surface area contributed by atoms with Crippen LogP contribution in [0, 0.1) is 11.8 Å². The molecule has 0 aliphatic heterocycles. The van der Waals surface area contributed by atoms with Gasteiger partial charge in [0.2, 0.25) is 0 Å². The zero-order valence-corrected chi connectivity index (χ0v) is 11.8. The molecule has 1 aromatic heterocycles. The van der Waals surface area contributed by atoms with Crippen LogP contribution < -0.4 is 0 Å². The predicted octanol–water partition coefficient (Wildman–Crippen LogP) is 3.89. The molecule has 102 valence electrons. The molecule has 0 saturated heterocycles. The summed E-state index contributed by atoms with van der Waals surface area (Å²) in [6.07, 6.45) is 10.5. The Morgan fingerprint density at radius 3 is 2.71 bits per heavy atom. The van der Waals surface area contributed by atoms with Crippen molar-refractivity contribution in [1.29, 1.82) is 0 Å². The fourth-order valence-corrected chi connectivity index (χ4v) is 2.31. The van der Waals surface area contributed by atoms with Gasteiger partial charge in [-0.3, -0.25) is 4.98 Å². The molecule has 21 heavy (non-hydrogen) atoms. The lowest BCUT2D eigenvalue weighted by atomic mass is 9.91. The highest BCUT2D eigenvalue weighted by atomic mass is 16.5. The standard InChI is InChI=1S/C19H15NO/c1-21-14-18-4-2-3-17-8-7-16(13-19(17)18)6-5-15-9-11-20-12-10-15/h2-3,7-14H,4H2,1H3. The Morgan fingerprint density at radius 1 is 1.10 bits per heavy atom. The number of fused-ring (bicyclic) bond motifs is 1. The zero-order chi connectivity index (χ0) is 14.5. The number of aromatic nitrogens is 1. The lowest BCUT2D eigenvalue weighted by molar-refractivity contribution is 0.339. The van der Waals surface area contributed by atoms with E-state index in [0.29, 0.717) is 0 Å². The van der Waals surface area contributed by atoms with Crippen LogP contribution in [0.3, 0.4) is 0 Å². The van der Waals surface area contributed by atoms with Gasteiger partial charge in [-0.05, 0) is 47.4 Å². The maximum Gasteiger partial charge on any atom is 0.0865 e. The molecule has 0 unspecified atom stereocenters. The Morgan fingerprint density at radius 2 is 1.90 bits per heavy atom. The molecule has 1 aromatic carbocycles. The third kappa shape index (κ3) is 3.04. The Labute approximate surface area is 124 Å². The number of hydrogen-bond donors (Lipinski definition) is 0. The van der Waals surface area contributed by atoms with E-state index in [1.165, 1.54) is 16.7 Å². The van der Waals surface area contributed by atoms with E-state index in [9.17, 15) is 0 Å². The molecule has 0 saturated carbocycles. The summed E-state index contributed by atoms with van der Waals surface area (Å²) < 4.78 is 5.17. The van der Waals surface area contributed by atoms with Gasteiger partial charge in [0.1, 0.15) is 0 Å². The van der Waals surface area contributed by atoms with Gasteiger partial charge in [0.25, 0.3) is 0 Å². The van der Waals surface area contributed by atoms with E-state index in [0.717, 1.165) is 17.5 Å². The lowest BCUT2D eigenvalue weighted by Crippen LogP contribution is -1.95. The normalized spacial score (nSPS) is 14.2. The van der Waals surface area contributed by atoms with Gasteiger partial charge < -0.3 is 4.74 Å². The molecule has 0 atom stereocenters. The number of allylic oxidation sites excluding steroid dienone is 2. The second-order valence-electron chi connectivity index (χ2n) is 4.77. The van der Waals surface area contributed by atoms with E-state index in [4.69, 9.17) is 4.74 Å². The van der Waals surface area contributed by atoms with Gasteiger partial charge in [0.05, 0.1) is 13.4 Å². The minimum atomic E-state index is 0.891. The molecule has 2 heteroatoms. The van der Waals surface area contributed by atoms with Crippen LogP contribution in [-0.4, -0.2) is 12.1 Å². The van der Waals surface area contributed by atoms with Crippen LogP contribution in [0.25, 0.3) is 11.6 Å². The van der Waals surface area contributed by atoms with Crippen molar-refractivity contribution in [1.82, 2.24) is 4.98 Å². The molecule has 1 aliphatic rings. The minimum Gasteiger partial charge on any atom is -0.504 e. The first kappa shape index (κ1) is 13.2. The zero-order valence-electron chi connectivity index (χ0n) is 11.8. The van der Waals surface area contributed by atoms with Gasteiger partial charge in [0, 0.05) is 23.5 Å². The third-order valence-corrected chi connectivity index (χ3v) is 3.33. The number of hydrogen-bond acceptors (Lipinski definition) is 2. The quantitative estimate of drug-likeness (QED) is 0.581. The molecule has 0 amide bonds. The second kappa shape index (κ2) is 6.11. The van der Waals surface area contributed by atoms with Crippen LogP contribution in [0.2, 0.25) is 0 Å². The van der Waals surface area contributed by atoms with E-state index in [2.05, 4.69) is 41.1 Å². The van der Waals surface area contributed by atoms with E-state index in [1.54, 1.807) is 19.5 Å². The highest BCUT2D eigenvalue weighted by Crippen LogP contribution is 2.29. The molecule has 2 aromatic rings. The molecule has 0 N–H and O–H groups in total. The second-order valence-corrected chi connectivity index (χ2v) is 4.77. The maximum absolute atomic E-state index is 5.17. The Hall–Kier alpha value is -2.79. The highest BCUT2D eigenvalue weighted by molar-refractivity contribution is 5.79. The fourth-order valence-electron chi connectivity index (χ4n) is 2.31. The van der Waals surface area contributed by atoms with E-state index in [-0.39, 0.29) is 0 Å². The first-order chi connectivity index (χ1) is 10.4. The predicted molar refractivity (Wildman–Crippen MR) is 85.3 cm³/mol. The van der Waals surface area contributed by atoms with Crippen molar-refractivity contribution >= 4 is 11.6 Å². The average Bonchev–Trinajstić information content (AvgIpc) is 2.54. The first-order valence-electron chi connectivity index (χ1n) is 6.81. The number of pyridine rings is 1. The summed E-state index contributed by atoms with van der Waals surface area (Å²) in [5.41, 5.74) is 5.56. The summed E-state index contributed by atoms with van der Waals surface area (Å²) in [5.74, 6) is 6.36. The van der Waals surface area contributed by atoms with Crippen molar-refractivity contribution in [2.24, 2.45) is 0 Å². The van der Waals surface area contributed by atoms with Gasteiger partial charge in [-0.25, -0.2) is 0 Å². The van der Waals surface area contributed by atoms with Gasteiger partial charge in [-0.15, -0.1) is 0 Å². The van der Waals surface area contributed by atoms with Crippen molar-refractivity contribution in [3.63, 3.8) is 0 Å². The molecule has 0 radical (unpaired) electrons. The van der Waals surface area contributed by atoms with Gasteiger partial charge >= 0.3 is 0 Å². The summed E-state index contributed by atoms with van der Waals surface area (Å²) in [6, 6.07) is 10.1. The number of ether oxygens (including phenoxy) is 1. The molecule has 2 nitrogen and oxygen atoms in total. The van der Waals surface area contributed by atoms with Crippen molar-refractivity contribution in [3.8, 4) is 11.8 Å². The number of nitrogens with zero attached hydrogens (tertiary/aromatic N) is 1. The Balaban J connectivity index is 1.96. The highest BCUT2D eigenvalue weighted by Gasteiger charge is 2.10. The topological polar surface area (TPSA) is 22.1 Å². The van der Waals surface area contributed by atoms with Crippen LogP contribution in [0.4, 0.5) is 0 Å². The molecular formula is C19H15NO. The molecule has 1 aliphatic carbocycles. The lowest BCUT2D eigenvalue weighted by Gasteiger charge is -2.14.